The van der Waals surface area contributed by atoms with Gasteiger partial charge in [0.05, 0.1) is 18.1 Å². The molecule has 0 saturated carbocycles. The molecular weight excluding hydrogens is 212 g/mol. The van der Waals surface area contributed by atoms with E-state index in [1.54, 1.807) is 6.92 Å². The fourth-order valence-electron chi connectivity index (χ4n) is 2.63. The van der Waals surface area contributed by atoms with Crippen LogP contribution in [0.2, 0.25) is 0 Å². The SMILES string of the molecule is CC(CC(C)(N)C#N)n1cnc2c1CCCC2. The average Bonchev–Trinajstić information content (AvgIpc) is 2.72. The first-order chi connectivity index (χ1) is 8.03. The summed E-state index contributed by atoms with van der Waals surface area (Å²) in [6.45, 7) is 3.89. The summed E-state index contributed by atoms with van der Waals surface area (Å²) in [4.78, 5) is 4.47. The van der Waals surface area contributed by atoms with Crippen LogP contribution in [-0.4, -0.2) is 15.1 Å². The van der Waals surface area contributed by atoms with Crippen LogP contribution in [0.25, 0.3) is 0 Å². The van der Waals surface area contributed by atoms with Crippen molar-refractivity contribution in [1.29, 1.82) is 5.26 Å². The van der Waals surface area contributed by atoms with Gasteiger partial charge in [-0.3, -0.25) is 0 Å². The van der Waals surface area contributed by atoms with Crippen molar-refractivity contribution < 1.29 is 0 Å². The number of hydrogen-bond donors (Lipinski definition) is 1. The third-order valence-corrected chi connectivity index (χ3v) is 3.51. The molecular formula is C13H20N4. The molecule has 2 unspecified atom stereocenters. The minimum Gasteiger partial charge on any atom is -0.331 e. The maximum Gasteiger partial charge on any atom is 0.103 e. The predicted molar refractivity (Wildman–Crippen MR) is 66.4 cm³/mol. The smallest absolute Gasteiger partial charge is 0.103 e. The molecule has 4 nitrogen and oxygen atoms in total. The standard InChI is InChI=1S/C13H20N4/c1-10(7-13(2,15)8-14)17-9-16-11-5-3-4-6-12(11)17/h9-10H,3-7,15H2,1-2H3. The van der Waals surface area contributed by atoms with Crippen molar-refractivity contribution in [3.8, 4) is 6.07 Å². The zero-order chi connectivity index (χ0) is 12.5. The van der Waals surface area contributed by atoms with Gasteiger partial charge in [0.25, 0.3) is 0 Å². The second kappa shape index (κ2) is 4.50. The Balaban J connectivity index is 2.18. The first-order valence-electron chi connectivity index (χ1n) is 6.28. The Morgan fingerprint density at radius 2 is 2.29 bits per heavy atom. The van der Waals surface area contributed by atoms with E-state index in [1.807, 2.05) is 6.33 Å². The lowest BCUT2D eigenvalue weighted by atomic mass is 9.95. The number of hydrogen-bond acceptors (Lipinski definition) is 3. The summed E-state index contributed by atoms with van der Waals surface area (Å²) >= 11 is 0. The molecule has 2 rings (SSSR count). The van der Waals surface area contributed by atoms with E-state index in [2.05, 4.69) is 22.5 Å². The average molecular weight is 232 g/mol. The van der Waals surface area contributed by atoms with Gasteiger partial charge in [0.2, 0.25) is 0 Å². The third kappa shape index (κ3) is 2.50. The van der Waals surface area contributed by atoms with Crippen LogP contribution in [0.3, 0.4) is 0 Å². The van der Waals surface area contributed by atoms with Crippen molar-refractivity contribution in [2.24, 2.45) is 5.73 Å². The molecule has 0 bridgehead atoms. The Morgan fingerprint density at radius 1 is 1.59 bits per heavy atom. The number of aryl methyl sites for hydroxylation is 1. The van der Waals surface area contributed by atoms with Gasteiger partial charge in [0, 0.05) is 11.7 Å². The van der Waals surface area contributed by atoms with Crippen molar-refractivity contribution >= 4 is 0 Å². The molecule has 2 N–H and O–H groups in total. The molecule has 0 aromatic carbocycles. The largest absolute Gasteiger partial charge is 0.331 e. The van der Waals surface area contributed by atoms with E-state index >= 15 is 0 Å². The van der Waals surface area contributed by atoms with Crippen LogP contribution >= 0.6 is 0 Å². The molecule has 0 radical (unpaired) electrons. The second-order valence-electron chi connectivity index (χ2n) is 5.33. The topological polar surface area (TPSA) is 67.6 Å². The summed E-state index contributed by atoms with van der Waals surface area (Å²) in [5.41, 5.74) is 7.73. The summed E-state index contributed by atoms with van der Waals surface area (Å²) in [5.74, 6) is 0. The van der Waals surface area contributed by atoms with Crippen LogP contribution < -0.4 is 5.73 Å². The monoisotopic (exact) mass is 232 g/mol. The van der Waals surface area contributed by atoms with Gasteiger partial charge in [0.15, 0.2) is 0 Å². The predicted octanol–water partition coefficient (Wildman–Crippen LogP) is 1.95. The Hall–Kier alpha value is -1.34. The summed E-state index contributed by atoms with van der Waals surface area (Å²) in [6.07, 6.45) is 7.25. The molecule has 0 amide bonds. The van der Waals surface area contributed by atoms with E-state index in [9.17, 15) is 0 Å². The van der Waals surface area contributed by atoms with Gasteiger partial charge in [-0.15, -0.1) is 0 Å². The Morgan fingerprint density at radius 3 is 3.00 bits per heavy atom. The second-order valence-corrected chi connectivity index (χ2v) is 5.33. The maximum atomic E-state index is 8.98. The van der Waals surface area contributed by atoms with Gasteiger partial charge in [0.1, 0.15) is 5.54 Å². The molecule has 1 aromatic rings. The number of imidazole rings is 1. The van der Waals surface area contributed by atoms with Crippen LogP contribution in [0.15, 0.2) is 6.33 Å². The van der Waals surface area contributed by atoms with Crippen molar-refractivity contribution in [1.82, 2.24) is 9.55 Å². The Labute approximate surface area is 102 Å². The summed E-state index contributed by atoms with van der Waals surface area (Å²) in [7, 11) is 0. The number of nitrogens with zero attached hydrogens (tertiary/aromatic N) is 3. The van der Waals surface area contributed by atoms with Gasteiger partial charge in [-0.25, -0.2) is 4.98 Å². The van der Waals surface area contributed by atoms with Crippen LogP contribution in [0.4, 0.5) is 0 Å². The number of fused-ring (bicyclic) bond motifs is 1. The number of rotatable bonds is 3. The van der Waals surface area contributed by atoms with Crippen LogP contribution in [-0.2, 0) is 12.8 Å². The molecule has 0 fully saturated rings. The Kier molecular flexibility index (Phi) is 3.21. The van der Waals surface area contributed by atoms with E-state index in [1.165, 1.54) is 24.2 Å². The molecule has 1 aliphatic rings. The van der Waals surface area contributed by atoms with Crippen molar-refractivity contribution in [3.05, 3.63) is 17.7 Å². The summed E-state index contributed by atoms with van der Waals surface area (Å²) in [5, 5.41) is 8.98. The summed E-state index contributed by atoms with van der Waals surface area (Å²) in [6, 6.07) is 2.39. The van der Waals surface area contributed by atoms with Crippen molar-refractivity contribution in [2.45, 2.75) is 57.5 Å². The normalized spacial score (nSPS) is 20.1. The van der Waals surface area contributed by atoms with Crippen molar-refractivity contribution in [2.75, 3.05) is 0 Å². The zero-order valence-electron chi connectivity index (χ0n) is 10.6. The molecule has 0 saturated heterocycles. The van der Waals surface area contributed by atoms with Crippen molar-refractivity contribution in [3.63, 3.8) is 0 Å². The fourth-order valence-corrected chi connectivity index (χ4v) is 2.63. The lowest BCUT2D eigenvalue weighted by Crippen LogP contribution is -2.36. The van der Waals surface area contributed by atoms with Gasteiger partial charge < -0.3 is 10.3 Å². The fraction of sp³-hybridized carbons (Fsp3) is 0.692. The van der Waals surface area contributed by atoms with E-state index in [4.69, 9.17) is 11.0 Å². The third-order valence-electron chi connectivity index (χ3n) is 3.51. The molecule has 0 aliphatic heterocycles. The molecule has 4 heteroatoms. The summed E-state index contributed by atoms with van der Waals surface area (Å²) < 4.78 is 2.21. The first kappa shape index (κ1) is 12.1. The first-order valence-corrected chi connectivity index (χ1v) is 6.28. The molecule has 1 aromatic heterocycles. The van der Waals surface area contributed by atoms with Crippen LogP contribution in [0, 0.1) is 11.3 Å². The lowest BCUT2D eigenvalue weighted by molar-refractivity contribution is 0.402. The van der Waals surface area contributed by atoms with E-state index < -0.39 is 5.54 Å². The van der Waals surface area contributed by atoms with E-state index in [0.29, 0.717) is 6.42 Å². The molecule has 92 valence electrons. The molecule has 1 heterocycles. The minimum atomic E-state index is -0.759. The van der Waals surface area contributed by atoms with Crippen LogP contribution in [0.1, 0.15) is 50.5 Å². The zero-order valence-corrected chi connectivity index (χ0v) is 10.6. The highest BCUT2D eigenvalue weighted by molar-refractivity contribution is 5.17. The quantitative estimate of drug-likeness (QED) is 0.866. The molecule has 0 spiro atoms. The molecule has 1 aliphatic carbocycles. The van der Waals surface area contributed by atoms with Crippen LogP contribution in [0.5, 0.6) is 0 Å². The van der Waals surface area contributed by atoms with Gasteiger partial charge in [-0.05, 0) is 46.0 Å². The van der Waals surface area contributed by atoms with Gasteiger partial charge in [-0.1, -0.05) is 0 Å². The highest BCUT2D eigenvalue weighted by atomic mass is 15.1. The number of nitriles is 1. The van der Waals surface area contributed by atoms with Gasteiger partial charge in [-0.2, -0.15) is 5.26 Å². The Bertz CT molecular complexity index is 439. The van der Waals surface area contributed by atoms with E-state index in [0.717, 1.165) is 12.8 Å². The molecule has 17 heavy (non-hydrogen) atoms. The highest BCUT2D eigenvalue weighted by Gasteiger charge is 2.24. The maximum absolute atomic E-state index is 8.98. The number of nitrogens with two attached hydrogens (primary N) is 1. The number of aromatic nitrogens is 2. The van der Waals surface area contributed by atoms with E-state index in [-0.39, 0.29) is 6.04 Å². The van der Waals surface area contributed by atoms with Gasteiger partial charge >= 0.3 is 0 Å². The highest BCUT2D eigenvalue weighted by Crippen LogP contribution is 2.26. The lowest BCUT2D eigenvalue weighted by Gasteiger charge is -2.24. The molecule has 2 atom stereocenters. The minimum absolute atomic E-state index is 0.235.